The molecule has 1 aliphatic rings. The van der Waals surface area contributed by atoms with E-state index in [0.717, 1.165) is 4.68 Å². The van der Waals surface area contributed by atoms with Crippen LogP contribution in [0, 0.1) is 5.41 Å². The number of aryl methyl sites for hydroxylation is 1. The van der Waals surface area contributed by atoms with Gasteiger partial charge in [0, 0.05) is 23.4 Å². The van der Waals surface area contributed by atoms with Gasteiger partial charge in [-0.15, -0.1) is 0 Å². The van der Waals surface area contributed by atoms with Crippen LogP contribution < -0.4 is 11.1 Å². The number of nitrogen functional groups attached to an aromatic ring is 1. The van der Waals surface area contributed by atoms with E-state index < -0.39 is 47.8 Å². The highest BCUT2D eigenvalue weighted by atomic mass is 35.5. The van der Waals surface area contributed by atoms with Gasteiger partial charge in [0.1, 0.15) is 22.7 Å². The molecule has 44 heavy (non-hydrogen) atoms. The van der Waals surface area contributed by atoms with Crippen LogP contribution in [0.3, 0.4) is 0 Å². The van der Waals surface area contributed by atoms with Crippen molar-refractivity contribution in [3.63, 3.8) is 0 Å². The maximum atomic E-state index is 13.7. The largest absolute Gasteiger partial charge is 0.481 e. The number of nitrogens with zero attached hydrogens (tertiary/aromatic N) is 4. The van der Waals surface area contributed by atoms with Crippen molar-refractivity contribution in [3.05, 3.63) is 64.2 Å². The molecule has 232 valence electrons. The summed E-state index contributed by atoms with van der Waals surface area (Å²) in [5.41, 5.74) is 5.64. The van der Waals surface area contributed by atoms with Crippen LogP contribution in [-0.2, 0) is 28.0 Å². The number of carboxylic acid groups (broad SMARTS) is 1. The molecule has 3 heterocycles. The third-order valence-corrected chi connectivity index (χ3v) is 8.07. The van der Waals surface area contributed by atoms with Gasteiger partial charge in [-0.1, -0.05) is 35.9 Å². The van der Waals surface area contributed by atoms with E-state index in [9.17, 15) is 36.6 Å². The van der Waals surface area contributed by atoms with Crippen LogP contribution in [0.4, 0.5) is 33.6 Å². The molecule has 2 aromatic carbocycles. The molecule has 1 amide bonds. The first-order chi connectivity index (χ1) is 20.3. The average Bonchev–Trinajstić information content (AvgIpc) is 3.41. The van der Waals surface area contributed by atoms with Crippen molar-refractivity contribution in [2.45, 2.75) is 57.7 Å². The molecule has 1 unspecified atom stereocenters. The molecule has 4 aromatic rings. The quantitative estimate of drug-likeness (QED) is 0.195. The summed E-state index contributed by atoms with van der Waals surface area (Å²) in [4.78, 5) is 33.9. The van der Waals surface area contributed by atoms with Crippen molar-refractivity contribution >= 4 is 46.0 Å². The van der Waals surface area contributed by atoms with E-state index in [0.29, 0.717) is 16.5 Å². The number of aliphatic carboxylic acids is 1. The average molecular weight is 637 g/mol. The molecule has 9 nitrogen and oxygen atoms in total. The van der Waals surface area contributed by atoms with Crippen molar-refractivity contribution in [1.29, 1.82) is 0 Å². The summed E-state index contributed by atoms with van der Waals surface area (Å²) in [5.74, 6) is -6.53. The zero-order valence-electron chi connectivity index (χ0n) is 23.6. The van der Waals surface area contributed by atoms with Gasteiger partial charge in [-0.2, -0.15) is 27.1 Å². The monoisotopic (exact) mass is 636 g/mol. The molecule has 2 aromatic heterocycles. The van der Waals surface area contributed by atoms with Gasteiger partial charge < -0.3 is 16.2 Å². The Labute approximate surface area is 252 Å². The molecule has 0 spiro atoms. The third-order valence-electron chi connectivity index (χ3n) is 7.83. The minimum Gasteiger partial charge on any atom is -0.481 e. The van der Waals surface area contributed by atoms with E-state index in [1.54, 1.807) is 45.0 Å². The minimum absolute atomic E-state index is 0.0299. The van der Waals surface area contributed by atoms with Gasteiger partial charge in [-0.3, -0.25) is 14.3 Å². The lowest BCUT2D eigenvalue weighted by Gasteiger charge is -2.25. The molecule has 0 radical (unpaired) electrons. The number of carbonyl (C=O) groups is 2. The predicted molar refractivity (Wildman–Crippen MR) is 152 cm³/mol. The second-order valence-electron chi connectivity index (χ2n) is 11.5. The van der Waals surface area contributed by atoms with Crippen molar-refractivity contribution < 1.29 is 36.6 Å². The lowest BCUT2D eigenvalue weighted by Crippen LogP contribution is -2.37. The maximum Gasteiger partial charge on any atom is 0.453 e. The van der Waals surface area contributed by atoms with Crippen molar-refractivity contribution in [2.75, 3.05) is 11.1 Å². The summed E-state index contributed by atoms with van der Waals surface area (Å²) in [5, 5.41) is 17.0. The normalized spacial score (nSPS) is 17.2. The van der Waals surface area contributed by atoms with Crippen LogP contribution in [0.25, 0.3) is 22.4 Å². The van der Waals surface area contributed by atoms with Crippen LogP contribution >= 0.6 is 11.6 Å². The number of hydrogen-bond donors (Lipinski definition) is 3. The molecule has 1 atom stereocenters. The number of nitrogens with two attached hydrogens (primary N) is 1. The van der Waals surface area contributed by atoms with Gasteiger partial charge in [0.2, 0.25) is 5.91 Å². The Morgan fingerprint density at radius 2 is 1.82 bits per heavy atom. The van der Waals surface area contributed by atoms with E-state index in [2.05, 4.69) is 20.4 Å². The van der Waals surface area contributed by atoms with E-state index in [1.807, 2.05) is 0 Å². The zero-order valence-corrected chi connectivity index (χ0v) is 24.3. The highest BCUT2D eigenvalue weighted by Crippen LogP contribution is 2.46. The smallest absolute Gasteiger partial charge is 0.453 e. The number of alkyl halides is 5. The number of carbonyl (C=O) groups excluding carboxylic acids is 1. The number of rotatable bonds is 8. The molecular weight excluding hydrogens is 611 g/mol. The number of amides is 1. The molecule has 4 N–H and O–H groups in total. The number of nitrogens with one attached hydrogen (secondary N) is 1. The number of halogens is 6. The van der Waals surface area contributed by atoms with Gasteiger partial charge in [0.15, 0.2) is 5.82 Å². The van der Waals surface area contributed by atoms with Crippen LogP contribution in [0.5, 0.6) is 0 Å². The number of benzene rings is 2. The minimum atomic E-state index is -5.73. The lowest BCUT2D eigenvalue weighted by atomic mass is 9.76. The molecule has 0 fully saturated rings. The fourth-order valence-electron chi connectivity index (χ4n) is 5.24. The second kappa shape index (κ2) is 10.4. The summed E-state index contributed by atoms with van der Waals surface area (Å²) in [6, 6.07) is 11.2. The van der Waals surface area contributed by atoms with Crippen LogP contribution in [0.2, 0.25) is 5.02 Å². The molecule has 0 saturated carbocycles. The van der Waals surface area contributed by atoms with Gasteiger partial charge in [0.05, 0.1) is 16.5 Å². The Kier molecular flexibility index (Phi) is 7.35. The number of fused-ring (bicyclic) bond motifs is 2. The van der Waals surface area contributed by atoms with Gasteiger partial charge in [0.25, 0.3) is 0 Å². The predicted octanol–water partition coefficient (Wildman–Crippen LogP) is 6.23. The van der Waals surface area contributed by atoms with Crippen LogP contribution in [0.15, 0.2) is 42.5 Å². The summed E-state index contributed by atoms with van der Waals surface area (Å²) in [6.45, 7) is 4.01. The summed E-state index contributed by atoms with van der Waals surface area (Å²) < 4.78 is 66.8. The molecule has 5 rings (SSSR count). The van der Waals surface area contributed by atoms with Crippen molar-refractivity contribution in [2.24, 2.45) is 5.41 Å². The van der Waals surface area contributed by atoms with Crippen molar-refractivity contribution in [1.82, 2.24) is 19.7 Å². The molecule has 0 saturated heterocycles. The SMILES string of the molecule is CC(C)(Cc1cccc(C2(C)C(=O)Nc3nc(-c4nn(CCC(F)(F)C(F)(F)F)c5cc(Cl)ccc45)nc(N)c32)c1)C(=O)O. The summed E-state index contributed by atoms with van der Waals surface area (Å²) >= 11 is 6.08. The first kappa shape index (κ1) is 31.1. The maximum absolute atomic E-state index is 13.7. The van der Waals surface area contributed by atoms with E-state index in [4.69, 9.17) is 17.3 Å². The topological polar surface area (TPSA) is 136 Å². The number of anilines is 2. The molecule has 0 bridgehead atoms. The van der Waals surface area contributed by atoms with E-state index >= 15 is 0 Å². The Hall–Kier alpha value is -4.33. The first-order valence-corrected chi connectivity index (χ1v) is 13.7. The number of carboxylic acids is 1. The zero-order chi connectivity index (χ0) is 32.4. The Morgan fingerprint density at radius 3 is 2.48 bits per heavy atom. The van der Waals surface area contributed by atoms with Gasteiger partial charge in [-0.25, -0.2) is 9.97 Å². The van der Waals surface area contributed by atoms with Gasteiger partial charge in [-0.05, 0) is 56.5 Å². The highest BCUT2D eigenvalue weighted by Gasteiger charge is 2.57. The molecule has 1 aliphatic heterocycles. The van der Waals surface area contributed by atoms with Crippen molar-refractivity contribution in [3.8, 4) is 11.5 Å². The molecular formula is C29H26ClF5N6O3. The Balaban J connectivity index is 1.56. The fraction of sp³-hybridized carbons (Fsp3) is 0.345. The number of aromatic nitrogens is 4. The first-order valence-electron chi connectivity index (χ1n) is 13.3. The Bertz CT molecular complexity index is 1820. The summed E-state index contributed by atoms with van der Waals surface area (Å²) in [6.07, 6.45) is -7.10. The molecule has 15 heteroatoms. The standard InChI is InChI=1S/C29H26ClF5N6O3/c1-26(2,25(43)44)13-14-5-4-6-15(11-14)27(3)19-21(36)37-23(38-22(19)39-24(27)42)20-17-8-7-16(30)12-18(17)41(40-20)10-9-28(31,32)29(33,34)35/h4-8,11-12H,9-10,13H2,1-3H3,(H,43,44)(H3,36,37,38,39,42). The number of hydrogen-bond acceptors (Lipinski definition) is 6. The highest BCUT2D eigenvalue weighted by molar-refractivity contribution is 6.31. The van der Waals surface area contributed by atoms with E-state index in [-0.39, 0.29) is 45.7 Å². The third kappa shape index (κ3) is 5.20. The van der Waals surface area contributed by atoms with Gasteiger partial charge >= 0.3 is 18.1 Å². The molecule has 0 aliphatic carbocycles. The van der Waals surface area contributed by atoms with Crippen LogP contribution in [0.1, 0.15) is 43.9 Å². The van der Waals surface area contributed by atoms with Crippen LogP contribution in [-0.4, -0.2) is 48.8 Å². The Morgan fingerprint density at radius 1 is 1.11 bits per heavy atom. The van der Waals surface area contributed by atoms with E-state index in [1.165, 1.54) is 18.2 Å². The fourth-order valence-corrected chi connectivity index (χ4v) is 5.40. The second-order valence-corrected chi connectivity index (χ2v) is 11.9. The lowest BCUT2D eigenvalue weighted by molar-refractivity contribution is -0.285. The summed E-state index contributed by atoms with van der Waals surface area (Å²) in [7, 11) is 0.